The van der Waals surface area contributed by atoms with E-state index in [2.05, 4.69) is 22.6 Å². The predicted octanol–water partition coefficient (Wildman–Crippen LogP) is 3.81. The summed E-state index contributed by atoms with van der Waals surface area (Å²) in [6.45, 7) is 0.556. The van der Waals surface area contributed by atoms with E-state index in [1.807, 2.05) is 48.5 Å². The molecule has 1 aromatic heterocycles. The lowest BCUT2D eigenvalue weighted by molar-refractivity contribution is -0.122. The Morgan fingerprint density at radius 1 is 1.19 bits per heavy atom. The van der Waals surface area contributed by atoms with Gasteiger partial charge in [-0.1, -0.05) is 47.6 Å². The maximum Gasteiger partial charge on any atom is 0.223 e. The van der Waals surface area contributed by atoms with Crippen LogP contribution >= 0.6 is 0 Å². The van der Waals surface area contributed by atoms with Crippen molar-refractivity contribution in [2.24, 2.45) is 5.92 Å². The largest absolute Gasteiger partial charge is 0.497 e. The first kappa shape index (κ1) is 17.3. The van der Waals surface area contributed by atoms with E-state index in [9.17, 15) is 4.79 Å². The van der Waals surface area contributed by atoms with Crippen LogP contribution < -0.4 is 10.1 Å². The number of benzene rings is 2. The zero-order valence-electron chi connectivity index (χ0n) is 15.2. The fourth-order valence-electron chi connectivity index (χ4n) is 3.34. The van der Waals surface area contributed by atoms with Crippen molar-refractivity contribution in [3.63, 3.8) is 0 Å². The van der Waals surface area contributed by atoms with Crippen LogP contribution in [-0.2, 0) is 11.2 Å². The van der Waals surface area contributed by atoms with Crippen LogP contribution in [0, 0.1) is 5.92 Å². The highest BCUT2D eigenvalue weighted by Gasteiger charge is 2.43. The van der Waals surface area contributed by atoms with Crippen LogP contribution in [0.4, 0.5) is 0 Å². The summed E-state index contributed by atoms with van der Waals surface area (Å²) in [7, 11) is 1.63. The average molecular weight is 362 g/mol. The van der Waals surface area contributed by atoms with Gasteiger partial charge in [0.05, 0.1) is 12.8 Å². The van der Waals surface area contributed by atoms with Crippen molar-refractivity contribution >= 4 is 5.91 Å². The van der Waals surface area contributed by atoms with Crippen molar-refractivity contribution in [1.29, 1.82) is 0 Å². The molecule has 138 valence electrons. The summed E-state index contributed by atoms with van der Waals surface area (Å²) in [5.41, 5.74) is 2.99. The average Bonchev–Trinajstić information content (AvgIpc) is 3.39. The van der Waals surface area contributed by atoms with Crippen molar-refractivity contribution in [2.75, 3.05) is 13.7 Å². The SMILES string of the molecule is COc1cccc(-c2cc(CCNC(=O)C3CC3c3ccccc3)no2)c1. The summed E-state index contributed by atoms with van der Waals surface area (Å²) in [6.07, 6.45) is 1.57. The van der Waals surface area contributed by atoms with E-state index >= 15 is 0 Å². The molecule has 4 rings (SSSR count). The Morgan fingerprint density at radius 3 is 2.85 bits per heavy atom. The quantitative estimate of drug-likeness (QED) is 0.694. The summed E-state index contributed by atoms with van der Waals surface area (Å²) >= 11 is 0. The van der Waals surface area contributed by atoms with Crippen LogP contribution in [-0.4, -0.2) is 24.7 Å². The highest BCUT2D eigenvalue weighted by atomic mass is 16.5. The van der Waals surface area contributed by atoms with Gasteiger partial charge in [0.1, 0.15) is 5.75 Å². The fourth-order valence-corrected chi connectivity index (χ4v) is 3.34. The third-order valence-corrected chi connectivity index (χ3v) is 4.95. The number of amides is 1. The summed E-state index contributed by atoms with van der Waals surface area (Å²) in [5.74, 6) is 2.05. The van der Waals surface area contributed by atoms with Gasteiger partial charge in [-0.3, -0.25) is 4.79 Å². The third kappa shape index (κ3) is 4.03. The first-order valence-corrected chi connectivity index (χ1v) is 9.17. The first-order valence-electron chi connectivity index (χ1n) is 9.17. The second-order valence-corrected chi connectivity index (χ2v) is 6.81. The zero-order chi connectivity index (χ0) is 18.6. The second-order valence-electron chi connectivity index (χ2n) is 6.81. The lowest BCUT2D eigenvalue weighted by Crippen LogP contribution is -2.27. The summed E-state index contributed by atoms with van der Waals surface area (Å²) < 4.78 is 10.7. The Labute approximate surface area is 158 Å². The molecule has 1 aliphatic rings. The number of hydrogen-bond acceptors (Lipinski definition) is 4. The maximum atomic E-state index is 12.3. The smallest absolute Gasteiger partial charge is 0.223 e. The lowest BCUT2D eigenvalue weighted by atomic mass is 10.1. The fraction of sp³-hybridized carbons (Fsp3) is 0.273. The van der Waals surface area contributed by atoms with Crippen LogP contribution in [0.3, 0.4) is 0 Å². The van der Waals surface area contributed by atoms with Crippen LogP contribution in [0.25, 0.3) is 11.3 Å². The molecular formula is C22H22N2O3. The minimum absolute atomic E-state index is 0.0945. The van der Waals surface area contributed by atoms with E-state index in [0.717, 1.165) is 23.4 Å². The molecule has 1 fully saturated rings. The van der Waals surface area contributed by atoms with E-state index in [0.29, 0.717) is 24.6 Å². The van der Waals surface area contributed by atoms with Gasteiger partial charge in [0, 0.05) is 30.5 Å². The van der Waals surface area contributed by atoms with E-state index in [1.54, 1.807) is 7.11 Å². The zero-order valence-corrected chi connectivity index (χ0v) is 15.2. The Balaban J connectivity index is 1.28. The molecule has 1 saturated carbocycles. The molecular weight excluding hydrogens is 340 g/mol. The summed E-state index contributed by atoms with van der Waals surface area (Å²) in [6, 6.07) is 19.8. The van der Waals surface area contributed by atoms with Crippen molar-refractivity contribution in [3.05, 3.63) is 71.9 Å². The van der Waals surface area contributed by atoms with E-state index in [4.69, 9.17) is 9.26 Å². The Hall–Kier alpha value is -3.08. The third-order valence-electron chi connectivity index (χ3n) is 4.95. The number of carbonyl (C=O) groups is 1. The molecule has 2 atom stereocenters. The lowest BCUT2D eigenvalue weighted by Gasteiger charge is -2.03. The van der Waals surface area contributed by atoms with Crippen molar-refractivity contribution < 1.29 is 14.1 Å². The summed E-state index contributed by atoms with van der Waals surface area (Å²) in [5, 5.41) is 7.12. The predicted molar refractivity (Wildman–Crippen MR) is 102 cm³/mol. The van der Waals surface area contributed by atoms with Gasteiger partial charge in [0.15, 0.2) is 5.76 Å². The number of hydrogen-bond donors (Lipinski definition) is 1. The van der Waals surface area contributed by atoms with Crippen LogP contribution in [0.15, 0.2) is 65.2 Å². The number of nitrogens with zero attached hydrogens (tertiary/aromatic N) is 1. The number of methoxy groups -OCH3 is 1. The molecule has 0 bridgehead atoms. The highest BCUT2D eigenvalue weighted by molar-refractivity contribution is 5.82. The molecule has 1 N–H and O–H groups in total. The van der Waals surface area contributed by atoms with E-state index in [1.165, 1.54) is 5.56 Å². The van der Waals surface area contributed by atoms with Gasteiger partial charge in [0.2, 0.25) is 5.91 Å². The standard InChI is InChI=1S/C22H22N2O3/c1-26-18-9-5-8-16(12-18)21-13-17(24-27-21)10-11-23-22(25)20-14-19(20)15-6-3-2-4-7-15/h2-9,12-13,19-20H,10-11,14H2,1H3,(H,23,25). The van der Waals surface area contributed by atoms with Gasteiger partial charge in [-0.25, -0.2) is 0 Å². The van der Waals surface area contributed by atoms with Crippen LogP contribution in [0.2, 0.25) is 0 Å². The minimum Gasteiger partial charge on any atom is -0.497 e. The van der Waals surface area contributed by atoms with E-state index in [-0.39, 0.29) is 11.8 Å². The van der Waals surface area contributed by atoms with Gasteiger partial charge >= 0.3 is 0 Å². The highest BCUT2D eigenvalue weighted by Crippen LogP contribution is 2.47. The monoisotopic (exact) mass is 362 g/mol. The van der Waals surface area contributed by atoms with Gasteiger partial charge in [-0.05, 0) is 30.0 Å². The van der Waals surface area contributed by atoms with Crippen molar-refractivity contribution in [2.45, 2.75) is 18.8 Å². The molecule has 3 aromatic rings. The molecule has 1 amide bonds. The second kappa shape index (κ2) is 7.66. The normalized spacial score (nSPS) is 18.1. The Bertz CT molecular complexity index is 920. The van der Waals surface area contributed by atoms with E-state index < -0.39 is 0 Å². The van der Waals surface area contributed by atoms with Crippen molar-refractivity contribution in [1.82, 2.24) is 10.5 Å². The molecule has 5 heteroatoms. The Morgan fingerprint density at radius 2 is 2.04 bits per heavy atom. The molecule has 2 unspecified atom stereocenters. The number of ether oxygens (including phenoxy) is 1. The number of rotatable bonds is 7. The van der Waals surface area contributed by atoms with Gasteiger partial charge in [-0.15, -0.1) is 0 Å². The van der Waals surface area contributed by atoms with Crippen LogP contribution in [0.5, 0.6) is 5.75 Å². The molecule has 0 aliphatic heterocycles. The van der Waals surface area contributed by atoms with Crippen LogP contribution in [0.1, 0.15) is 23.6 Å². The molecule has 1 aliphatic carbocycles. The summed E-state index contributed by atoms with van der Waals surface area (Å²) in [4.78, 5) is 12.3. The topological polar surface area (TPSA) is 64.4 Å². The molecule has 2 aromatic carbocycles. The van der Waals surface area contributed by atoms with Gasteiger partial charge in [0.25, 0.3) is 0 Å². The molecule has 0 saturated heterocycles. The maximum absolute atomic E-state index is 12.3. The minimum atomic E-state index is 0.0945. The molecule has 1 heterocycles. The van der Waals surface area contributed by atoms with Gasteiger partial charge < -0.3 is 14.6 Å². The molecule has 5 nitrogen and oxygen atoms in total. The number of aromatic nitrogens is 1. The number of carbonyl (C=O) groups excluding carboxylic acids is 1. The Kier molecular flexibility index (Phi) is 4.92. The van der Waals surface area contributed by atoms with Gasteiger partial charge in [-0.2, -0.15) is 0 Å². The van der Waals surface area contributed by atoms with Crippen molar-refractivity contribution in [3.8, 4) is 17.1 Å². The molecule has 0 radical (unpaired) electrons. The number of nitrogens with one attached hydrogen (secondary N) is 1. The first-order chi connectivity index (χ1) is 13.2. The molecule has 27 heavy (non-hydrogen) atoms. The molecule has 0 spiro atoms.